The lowest BCUT2D eigenvalue weighted by atomic mass is 10.1. The molecular formula is C23H15Cl5FN3O2. The second-order valence-electron chi connectivity index (χ2n) is 7.71. The molecule has 0 radical (unpaired) electrons. The summed E-state index contributed by atoms with van der Waals surface area (Å²) in [4.78, 5) is 25.6. The van der Waals surface area contributed by atoms with Crippen LogP contribution in [0.3, 0.4) is 0 Å². The Labute approximate surface area is 219 Å². The number of nitrogen functional groups attached to an aromatic ring is 1. The number of anilines is 3. The molecule has 1 aliphatic carbocycles. The first-order valence-electron chi connectivity index (χ1n) is 9.78. The minimum absolute atomic E-state index is 0.0210. The number of nitrogens with two attached hydrogens (primary N) is 1. The number of alkyl halides is 2. The minimum Gasteiger partial charge on any atom is -0.399 e. The van der Waals surface area contributed by atoms with E-state index in [1.54, 1.807) is 18.2 Å². The molecule has 0 unspecified atom stereocenters. The van der Waals surface area contributed by atoms with Gasteiger partial charge < -0.3 is 16.4 Å². The molecule has 4 rings (SSSR count). The van der Waals surface area contributed by atoms with Crippen LogP contribution in [0.4, 0.5) is 21.5 Å². The van der Waals surface area contributed by atoms with E-state index in [0.29, 0.717) is 15.6 Å². The molecule has 0 heterocycles. The summed E-state index contributed by atoms with van der Waals surface area (Å²) in [5.74, 6) is -3.16. The zero-order valence-corrected chi connectivity index (χ0v) is 20.8. The van der Waals surface area contributed by atoms with Gasteiger partial charge in [-0.1, -0.05) is 34.8 Å². The van der Waals surface area contributed by atoms with Gasteiger partial charge in [0.15, 0.2) is 0 Å². The van der Waals surface area contributed by atoms with E-state index in [4.69, 9.17) is 63.7 Å². The van der Waals surface area contributed by atoms with Crippen molar-refractivity contribution in [2.24, 2.45) is 5.92 Å². The van der Waals surface area contributed by atoms with Crippen molar-refractivity contribution in [2.45, 2.75) is 10.3 Å². The Morgan fingerprint density at radius 1 is 0.912 bits per heavy atom. The third kappa shape index (κ3) is 5.07. The second-order valence-corrected chi connectivity index (χ2v) is 10.4. The number of benzene rings is 3. The van der Waals surface area contributed by atoms with Gasteiger partial charge in [0.1, 0.15) is 10.2 Å². The maximum absolute atomic E-state index is 14.0. The summed E-state index contributed by atoms with van der Waals surface area (Å²) >= 11 is 31.0. The lowest BCUT2D eigenvalue weighted by Gasteiger charge is -2.11. The first-order chi connectivity index (χ1) is 16.0. The van der Waals surface area contributed by atoms with Crippen molar-refractivity contribution >= 4 is 86.9 Å². The van der Waals surface area contributed by atoms with E-state index in [2.05, 4.69) is 10.6 Å². The lowest BCUT2D eigenvalue weighted by Crippen LogP contribution is -2.18. The van der Waals surface area contributed by atoms with Crippen LogP contribution < -0.4 is 16.4 Å². The monoisotopic (exact) mass is 559 g/mol. The van der Waals surface area contributed by atoms with Crippen LogP contribution in [-0.2, 0) is 4.79 Å². The normalized spacial score (nSPS) is 18.3. The Hall–Kier alpha value is -2.22. The maximum atomic E-state index is 14.0. The van der Waals surface area contributed by atoms with E-state index in [-0.39, 0.29) is 27.6 Å². The van der Waals surface area contributed by atoms with Crippen molar-refractivity contribution in [3.05, 3.63) is 86.6 Å². The number of nitrogens with one attached hydrogen (secondary N) is 2. The fourth-order valence-corrected chi connectivity index (χ4v) is 5.22. The van der Waals surface area contributed by atoms with Crippen LogP contribution in [0.2, 0.25) is 15.1 Å². The molecular weight excluding hydrogens is 547 g/mol. The Morgan fingerprint density at radius 3 is 2.24 bits per heavy atom. The van der Waals surface area contributed by atoms with Crippen molar-refractivity contribution < 1.29 is 14.0 Å². The summed E-state index contributed by atoms with van der Waals surface area (Å²) in [5.41, 5.74) is 6.59. The third-order valence-corrected chi connectivity index (χ3v) is 7.01. The van der Waals surface area contributed by atoms with E-state index in [1.165, 1.54) is 30.3 Å². The van der Waals surface area contributed by atoms with Gasteiger partial charge in [0.25, 0.3) is 5.91 Å². The predicted molar refractivity (Wildman–Crippen MR) is 136 cm³/mol. The van der Waals surface area contributed by atoms with E-state index in [9.17, 15) is 14.0 Å². The van der Waals surface area contributed by atoms with Gasteiger partial charge in [-0.3, -0.25) is 9.59 Å². The molecule has 5 nitrogen and oxygen atoms in total. The van der Waals surface area contributed by atoms with E-state index >= 15 is 0 Å². The number of rotatable bonds is 5. The zero-order chi connectivity index (χ0) is 24.8. The van der Waals surface area contributed by atoms with Crippen LogP contribution in [0.5, 0.6) is 0 Å². The maximum Gasteiger partial charge on any atom is 0.257 e. The molecule has 176 valence electrons. The molecule has 1 fully saturated rings. The highest BCUT2D eigenvalue weighted by molar-refractivity contribution is 6.53. The van der Waals surface area contributed by atoms with E-state index < -0.39 is 33.8 Å². The molecule has 34 heavy (non-hydrogen) atoms. The summed E-state index contributed by atoms with van der Waals surface area (Å²) in [6.45, 7) is 0. The molecule has 0 bridgehead atoms. The summed E-state index contributed by atoms with van der Waals surface area (Å²) in [6, 6.07) is 13.0. The number of carbonyl (C=O) groups excluding carboxylic acids is 2. The van der Waals surface area contributed by atoms with Crippen LogP contribution >= 0.6 is 58.0 Å². The Kier molecular flexibility index (Phi) is 6.91. The second kappa shape index (κ2) is 9.44. The fourth-order valence-electron chi connectivity index (χ4n) is 3.64. The molecule has 0 saturated heterocycles. The summed E-state index contributed by atoms with van der Waals surface area (Å²) in [7, 11) is 0. The van der Waals surface area contributed by atoms with E-state index in [1.807, 2.05) is 0 Å². The summed E-state index contributed by atoms with van der Waals surface area (Å²) in [6.07, 6.45) is 0. The molecule has 2 atom stereocenters. The number of carbonyl (C=O) groups is 2. The molecule has 4 N–H and O–H groups in total. The van der Waals surface area contributed by atoms with Gasteiger partial charge in [0.2, 0.25) is 5.91 Å². The van der Waals surface area contributed by atoms with Crippen molar-refractivity contribution in [3.8, 4) is 0 Å². The molecule has 1 aliphatic rings. The number of amides is 2. The smallest absolute Gasteiger partial charge is 0.257 e. The topological polar surface area (TPSA) is 84.2 Å². The molecule has 1 saturated carbocycles. The van der Waals surface area contributed by atoms with Gasteiger partial charge in [0, 0.05) is 27.3 Å². The van der Waals surface area contributed by atoms with Crippen molar-refractivity contribution in [1.82, 2.24) is 0 Å². The molecule has 2 amide bonds. The Morgan fingerprint density at radius 2 is 1.59 bits per heavy atom. The van der Waals surface area contributed by atoms with Gasteiger partial charge in [-0.2, -0.15) is 0 Å². The van der Waals surface area contributed by atoms with Crippen LogP contribution in [0.1, 0.15) is 21.8 Å². The van der Waals surface area contributed by atoms with Gasteiger partial charge >= 0.3 is 0 Å². The van der Waals surface area contributed by atoms with Gasteiger partial charge in [-0.05, 0) is 60.2 Å². The predicted octanol–water partition coefficient (Wildman–Crippen LogP) is 7.15. The minimum atomic E-state index is -1.36. The highest BCUT2D eigenvalue weighted by atomic mass is 35.5. The lowest BCUT2D eigenvalue weighted by molar-refractivity contribution is -0.117. The first kappa shape index (κ1) is 24.9. The van der Waals surface area contributed by atoms with Crippen LogP contribution in [-0.4, -0.2) is 16.1 Å². The standard InChI is InChI=1S/C23H15Cl5FN3O2/c24-11-5-10(6-12(25)7-11)19-20(23(19,27)28)22(34)31-14-2-3-16(26)15(9-14)21(33)32-18-4-1-13(30)8-17(18)29/h1-9,19-20H,30H2,(H,31,34)(H,32,33)/t19-,20+/m0/s1. The molecule has 0 spiro atoms. The Bertz CT molecular complexity index is 1300. The van der Waals surface area contributed by atoms with Crippen molar-refractivity contribution in [2.75, 3.05) is 16.4 Å². The average molecular weight is 562 g/mol. The highest BCUT2D eigenvalue weighted by Crippen LogP contribution is 2.65. The number of halogens is 6. The molecule has 11 heteroatoms. The molecule has 3 aromatic carbocycles. The average Bonchev–Trinajstić information content (AvgIpc) is 3.33. The summed E-state index contributed by atoms with van der Waals surface area (Å²) in [5, 5.41) is 6.01. The quantitative estimate of drug-likeness (QED) is 0.229. The zero-order valence-electron chi connectivity index (χ0n) is 17.0. The van der Waals surface area contributed by atoms with Crippen LogP contribution in [0, 0.1) is 11.7 Å². The number of hydrogen-bond donors (Lipinski definition) is 3. The summed E-state index contributed by atoms with van der Waals surface area (Å²) < 4.78 is 12.7. The molecule has 0 aromatic heterocycles. The molecule has 0 aliphatic heterocycles. The van der Waals surface area contributed by atoms with Gasteiger partial charge in [-0.15, -0.1) is 23.2 Å². The Balaban J connectivity index is 1.52. The van der Waals surface area contributed by atoms with Crippen molar-refractivity contribution in [1.29, 1.82) is 0 Å². The highest BCUT2D eigenvalue weighted by Gasteiger charge is 2.67. The number of hydrogen-bond acceptors (Lipinski definition) is 3. The fraction of sp³-hybridized carbons (Fsp3) is 0.130. The van der Waals surface area contributed by atoms with Gasteiger partial charge in [0.05, 0.1) is 22.2 Å². The van der Waals surface area contributed by atoms with E-state index in [0.717, 1.165) is 6.07 Å². The van der Waals surface area contributed by atoms with Crippen LogP contribution in [0.25, 0.3) is 0 Å². The van der Waals surface area contributed by atoms with Crippen LogP contribution in [0.15, 0.2) is 54.6 Å². The largest absolute Gasteiger partial charge is 0.399 e. The molecule has 3 aromatic rings. The van der Waals surface area contributed by atoms with Gasteiger partial charge in [-0.25, -0.2) is 4.39 Å². The SMILES string of the molecule is Nc1ccc(NC(=O)c2cc(NC(=O)[C@H]3[C@H](c4cc(Cl)cc(Cl)c4)C3(Cl)Cl)ccc2Cl)c(F)c1. The van der Waals surface area contributed by atoms with Crippen molar-refractivity contribution in [3.63, 3.8) is 0 Å². The third-order valence-electron chi connectivity index (χ3n) is 5.30. The first-order valence-corrected chi connectivity index (χ1v) is 11.7.